The monoisotopic (exact) mass is 417 g/mol. The Morgan fingerprint density at radius 3 is 2.45 bits per heavy atom. The Morgan fingerprint density at radius 2 is 1.83 bits per heavy atom. The van der Waals surface area contributed by atoms with Gasteiger partial charge in [-0.05, 0) is 32.6 Å². The van der Waals surface area contributed by atoms with Crippen LogP contribution in [-0.2, 0) is 0 Å². The molecule has 6 nitrogen and oxygen atoms in total. The zero-order valence-electron chi connectivity index (χ0n) is 16.5. The molecule has 0 saturated carbocycles. The number of benzene rings is 2. The SMILES string of the molecule is CCC(c1c(O)cc(O)c2c(=O)cc(-c3ccccc3Cl)oc12)C(O)CN(C)C. The molecule has 3 aromatic rings. The van der Waals surface area contributed by atoms with E-state index in [9.17, 15) is 20.1 Å². The maximum Gasteiger partial charge on any atom is 0.197 e. The highest BCUT2D eigenvalue weighted by molar-refractivity contribution is 6.33. The van der Waals surface area contributed by atoms with E-state index in [1.807, 2.05) is 25.9 Å². The molecule has 3 rings (SSSR count). The van der Waals surface area contributed by atoms with Gasteiger partial charge in [0.25, 0.3) is 0 Å². The molecular weight excluding hydrogens is 394 g/mol. The zero-order chi connectivity index (χ0) is 21.3. The first-order chi connectivity index (χ1) is 13.7. The molecule has 0 aliphatic rings. The third-order valence-corrected chi connectivity index (χ3v) is 5.29. The lowest BCUT2D eigenvalue weighted by molar-refractivity contribution is 0.107. The Kier molecular flexibility index (Phi) is 6.17. The fourth-order valence-electron chi connectivity index (χ4n) is 3.64. The van der Waals surface area contributed by atoms with E-state index in [1.165, 1.54) is 6.07 Å². The number of halogens is 1. The topological polar surface area (TPSA) is 94.1 Å². The van der Waals surface area contributed by atoms with E-state index in [2.05, 4.69) is 0 Å². The van der Waals surface area contributed by atoms with Gasteiger partial charge in [-0.15, -0.1) is 0 Å². The fraction of sp³-hybridized carbons (Fsp3) is 0.318. The highest BCUT2D eigenvalue weighted by atomic mass is 35.5. The lowest BCUT2D eigenvalue weighted by atomic mass is 9.88. The van der Waals surface area contributed by atoms with Crippen LogP contribution < -0.4 is 5.43 Å². The molecular formula is C22H24ClNO5. The number of hydrogen-bond donors (Lipinski definition) is 3. The smallest absolute Gasteiger partial charge is 0.197 e. The van der Waals surface area contributed by atoms with Crippen LogP contribution in [0.5, 0.6) is 11.5 Å². The van der Waals surface area contributed by atoms with Crippen molar-refractivity contribution in [1.29, 1.82) is 0 Å². The minimum atomic E-state index is -0.817. The van der Waals surface area contributed by atoms with Crippen LogP contribution in [0.2, 0.25) is 5.02 Å². The van der Waals surface area contributed by atoms with E-state index < -0.39 is 17.5 Å². The normalized spacial score (nSPS) is 13.7. The van der Waals surface area contributed by atoms with Crippen molar-refractivity contribution in [1.82, 2.24) is 4.90 Å². The van der Waals surface area contributed by atoms with Gasteiger partial charge in [-0.25, -0.2) is 0 Å². The molecule has 0 amide bonds. The molecule has 3 N–H and O–H groups in total. The van der Waals surface area contributed by atoms with Crippen molar-refractivity contribution in [3.8, 4) is 22.8 Å². The Labute approximate surface area is 173 Å². The molecule has 2 unspecified atom stereocenters. The number of aliphatic hydroxyl groups is 1. The number of fused-ring (bicyclic) bond motifs is 1. The summed E-state index contributed by atoms with van der Waals surface area (Å²) in [5.74, 6) is -0.904. The van der Waals surface area contributed by atoms with Crippen LogP contribution in [0.3, 0.4) is 0 Å². The minimum absolute atomic E-state index is 0.0379. The van der Waals surface area contributed by atoms with E-state index >= 15 is 0 Å². The van der Waals surface area contributed by atoms with Crippen LogP contribution in [0, 0.1) is 0 Å². The molecule has 0 aliphatic carbocycles. The average Bonchev–Trinajstić information content (AvgIpc) is 2.63. The van der Waals surface area contributed by atoms with Gasteiger partial charge < -0.3 is 24.6 Å². The van der Waals surface area contributed by atoms with Gasteiger partial charge in [-0.2, -0.15) is 0 Å². The van der Waals surface area contributed by atoms with Crippen LogP contribution in [0.25, 0.3) is 22.3 Å². The fourth-order valence-corrected chi connectivity index (χ4v) is 3.87. The van der Waals surface area contributed by atoms with Gasteiger partial charge in [0.2, 0.25) is 0 Å². The summed E-state index contributed by atoms with van der Waals surface area (Å²) in [7, 11) is 3.67. The maximum absolute atomic E-state index is 12.8. The molecule has 0 fully saturated rings. The molecule has 0 radical (unpaired) electrons. The Bertz CT molecular complexity index is 1090. The predicted octanol–water partition coefficient (Wildman–Crippen LogP) is 3.94. The number of phenols is 2. The zero-order valence-corrected chi connectivity index (χ0v) is 17.3. The Morgan fingerprint density at radius 1 is 1.14 bits per heavy atom. The molecule has 2 aromatic carbocycles. The van der Waals surface area contributed by atoms with Gasteiger partial charge in [0.1, 0.15) is 28.2 Å². The summed E-state index contributed by atoms with van der Waals surface area (Å²) in [6, 6.07) is 9.31. The predicted molar refractivity (Wildman–Crippen MR) is 114 cm³/mol. The second-order valence-corrected chi connectivity index (χ2v) is 7.74. The van der Waals surface area contributed by atoms with E-state index in [0.29, 0.717) is 29.1 Å². The number of hydrogen-bond acceptors (Lipinski definition) is 6. The summed E-state index contributed by atoms with van der Waals surface area (Å²) < 4.78 is 6.01. The number of phenolic OH excluding ortho intramolecular Hbond substituents is 2. The van der Waals surface area contributed by atoms with E-state index in [0.717, 1.165) is 6.07 Å². The van der Waals surface area contributed by atoms with E-state index in [4.69, 9.17) is 16.0 Å². The molecule has 7 heteroatoms. The summed E-state index contributed by atoms with van der Waals surface area (Å²) in [5, 5.41) is 32.0. The molecule has 0 spiro atoms. The third-order valence-electron chi connectivity index (χ3n) is 4.96. The highest BCUT2D eigenvalue weighted by Crippen LogP contribution is 2.41. The largest absolute Gasteiger partial charge is 0.507 e. The summed E-state index contributed by atoms with van der Waals surface area (Å²) >= 11 is 6.26. The molecule has 1 aromatic heterocycles. The lowest BCUT2D eigenvalue weighted by Gasteiger charge is -2.26. The molecule has 29 heavy (non-hydrogen) atoms. The van der Waals surface area contributed by atoms with E-state index in [-0.39, 0.29) is 28.2 Å². The van der Waals surface area contributed by atoms with Gasteiger partial charge >= 0.3 is 0 Å². The van der Waals surface area contributed by atoms with Gasteiger partial charge in [0, 0.05) is 35.7 Å². The molecule has 1 heterocycles. The Balaban J connectivity index is 2.32. The standard InChI is InChI=1S/C22H24ClNO5/c1-4-12(18(28)11-24(2)3)20-15(25)9-16(26)21-17(27)10-19(29-22(20)21)13-7-5-6-8-14(13)23/h5-10,12,18,25-26,28H,4,11H2,1-3H3. The molecule has 2 atom stereocenters. The number of aromatic hydroxyl groups is 2. The third kappa shape index (κ3) is 4.10. The van der Waals surface area contributed by atoms with Crippen molar-refractivity contribution in [2.24, 2.45) is 0 Å². The summed E-state index contributed by atoms with van der Waals surface area (Å²) in [5.41, 5.74) is 0.399. The second kappa shape index (κ2) is 8.45. The second-order valence-electron chi connectivity index (χ2n) is 7.33. The van der Waals surface area contributed by atoms with Crippen LogP contribution in [-0.4, -0.2) is 47.0 Å². The molecule has 0 aliphatic heterocycles. The van der Waals surface area contributed by atoms with Gasteiger partial charge in [0.15, 0.2) is 5.43 Å². The van der Waals surface area contributed by atoms with Crippen LogP contribution in [0.4, 0.5) is 0 Å². The first-order valence-electron chi connectivity index (χ1n) is 9.35. The van der Waals surface area contributed by atoms with Crippen LogP contribution in [0.1, 0.15) is 24.8 Å². The van der Waals surface area contributed by atoms with Crippen molar-refractivity contribution in [3.63, 3.8) is 0 Å². The van der Waals surface area contributed by atoms with Crippen molar-refractivity contribution < 1.29 is 19.7 Å². The summed E-state index contributed by atoms with van der Waals surface area (Å²) in [6.07, 6.45) is -0.328. The van der Waals surface area contributed by atoms with Crippen molar-refractivity contribution in [3.05, 3.63) is 57.2 Å². The quantitative estimate of drug-likeness (QED) is 0.562. The number of likely N-dealkylation sites (N-methyl/N-ethyl adjacent to an activating group) is 1. The van der Waals surface area contributed by atoms with Crippen LogP contribution in [0.15, 0.2) is 45.6 Å². The first kappa shape index (κ1) is 21.2. The number of rotatable bonds is 6. The van der Waals surface area contributed by atoms with Crippen LogP contribution >= 0.6 is 11.6 Å². The van der Waals surface area contributed by atoms with E-state index in [1.54, 1.807) is 24.3 Å². The van der Waals surface area contributed by atoms with Gasteiger partial charge in [0.05, 0.1) is 11.1 Å². The van der Waals surface area contributed by atoms with Gasteiger partial charge in [-0.3, -0.25) is 4.79 Å². The molecule has 0 bridgehead atoms. The maximum atomic E-state index is 12.8. The Hall–Kier alpha value is -2.54. The van der Waals surface area contributed by atoms with Crippen molar-refractivity contribution in [2.75, 3.05) is 20.6 Å². The highest BCUT2D eigenvalue weighted by Gasteiger charge is 2.29. The first-order valence-corrected chi connectivity index (χ1v) is 9.72. The average molecular weight is 418 g/mol. The number of nitrogens with zero attached hydrogens (tertiary/aromatic N) is 1. The lowest BCUT2D eigenvalue weighted by Crippen LogP contribution is -2.31. The summed E-state index contributed by atoms with van der Waals surface area (Å²) in [6.45, 7) is 2.23. The summed E-state index contributed by atoms with van der Waals surface area (Å²) in [4.78, 5) is 14.6. The molecule has 154 valence electrons. The minimum Gasteiger partial charge on any atom is -0.507 e. The van der Waals surface area contributed by atoms with Crippen molar-refractivity contribution >= 4 is 22.6 Å². The molecule has 0 saturated heterocycles. The number of aliphatic hydroxyl groups excluding tert-OH is 1. The van der Waals surface area contributed by atoms with Crippen molar-refractivity contribution in [2.45, 2.75) is 25.4 Å². The van der Waals surface area contributed by atoms with Gasteiger partial charge in [-0.1, -0.05) is 30.7 Å².